The molecule has 0 fully saturated rings. The summed E-state index contributed by atoms with van der Waals surface area (Å²) in [4.78, 5) is 24.6. The van der Waals surface area contributed by atoms with Gasteiger partial charge in [0.15, 0.2) is 5.76 Å². The average molecular weight is 400 g/mol. The van der Waals surface area contributed by atoms with Gasteiger partial charge in [-0.05, 0) is 67.1 Å². The first-order valence-electron chi connectivity index (χ1n) is 9.43. The largest absolute Gasteiger partial charge is 0.459 e. The van der Waals surface area contributed by atoms with Gasteiger partial charge >= 0.3 is 0 Å². The summed E-state index contributed by atoms with van der Waals surface area (Å²) in [5, 5.41) is 9.93. The molecule has 0 unspecified atom stereocenters. The van der Waals surface area contributed by atoms with Crippen molar-refractivity contribution in [3.8, 4) is 5.69 Å². The summed E-state index contributed by atoms with van der Waals surface area (Å²) in [7, 11) is 0. The highest BCUT2D eigenvalue weighted by Crippen LogP contribution is 2.14. The lowest BCUT2D eigenvalue weighted by Crippen LogP contribution is -2.23. The minimum atomic E-state index is -0.325. The smallest absolute Gasteiger partial charge is 0.291 e. The van der Waals surface area contributed by atoms with Crippen molar-refractivity contribution in [2.45, 2.75) is 13.5 Å². The van der Waals surface area contributed by atoms with Crippen LogP contribution in [0.2, 0.25) is 0 Å². The van der Waals surface area contributed by atoms with Gasteiger partial charge in [0.05, 0.1) is 12.0 Å². The lowest BCUT2D eigenvalue weighted by Gasteiger charge is -2.09. The fourth-order valence-electron chi connectivity index (χ4n) is 3.04. The lowest BCUT2D eigenvalue weighted by molar-refractivity contribution is 0.0949. The van der Waals surface area contributed by atoms with Gasteiger partial charge in [-0.25, -0.2) is 4.68 Å². The summed E-state index contributed by atoms with van der Waals surface area (Å²) in [6.07, 6.45) is 3.19. The van der Waals surface area contributed by atoms with Gasteiger partial charge in [0.1, 0.15) is 0 Å². The lowest BCUT2D eigenvalue weighted by atomic mass is 10.1. The van der Waals surface area contributed by atoms with Crippen LogP contribution in [0.3, 0.4) is 0 Å². The van der Waals surface area contributed by atoms with Crippen LogP contribution in [-0.4, -0.2) is 21.6 Å². The average Bonchev–Trinajstić information content (AvgIpc) is 3.44. The van der Waals surface area contributed by atoms with Gasteiger partial charge in [-0.1, -0.05) is 12.1 Å². The second-order valence-corrected chi connectivity index (χ2v) is 6.75. The molecular formula is C23H20N4O3. The van der Waals surface area contributed by atoms with E-state index < -0.39 is 0 Å². The topological polar surface area (TPSA) is 89.2 Å². The van der Waals surface area contributed by atoms with Crippen molar-refractivity contribution in [1.82, 2.24) is 15.1 Å². The van der Waals surface area contributed by atoms with Crippen LogP contribution in [0.4, 0.5) is 5.69 Å². The molecule has 0 radical (unpaired) electrons. The Kier molecular flexibility index (Phi) is 5.43. The molecule has 0 bridgehead atoms. The van der Waals surface area contributed by atoms with Crippen molar-refractivity contribution in [2.75, 3.05) is 5.32 Å². The van der Waals surface area contributed by atoms with Crippen LogP contribution < -0.4 is 10.6 Å². The number of hydrogen-bond acceptors (Lipinski definition) is 4. The van der Waals surface area contributed by atoms with Crippen LogP contribution in [0.1, 0.15) is 32.2 Å². The van der Waals surface area contributed by atoms with Gasteiger partial charge in [-0.2, -0.15) is 5.10 Å². The molecule has 0 spiro atoms. The first kappa shape index (κ1) is 19.2. The van der Waals surface area contributed by atoms with E-state index in [1.54, 1.807) is 36.5 Å². The van der Waals surface area contributed by atoms with Gasteiger partial charge < -0.3 is 15.1 Å². The number of benzene rings is 2. The van der Waals surface area contributed by atoms with Crippen molar-refractivity contribution in [3.63, 3.8) is 0 Å². The Labute approximate surface area is 173 Å². The fraction of sp³-hybridized carbons (Fsp3) is 0.0870. The number of nitrogens with one attached hydrogen (secondary N) is 2. The Morgan fingerprint density at radius 1 is 1.00 bits per heavy atom. The molecule has 2 amide bonds. The number of carbonyl (C=O) groups excluding carboxylic acids is 2. The molecule has 4 rings (SSSR count). The van der Waals surface area contributed by atoms with Crippen molar-refractivity contribution in [2.24, 2.45) is 0 Å². The van der Waals surface area contributed by atoms with Gasteiger partial charge in [-0.15, -0.1) is 0 Å². The molecule has 0 saturated carbocycles. The van der Waals surface area contributed by atoms with Crippen molar-refractivity contribution >= 4 is 17.5 Å². The van der Waals surface area contributed by atoms with Crippen LogP contribution in [-0.2, 0) is 6.54 Å². The molecular weight excluding hydrogens is 380 g/mol. The number of anilines is 1. The number of aromatic nitrogens is 2. The van der Waals surface area contributed by atoms with Crippen molar-refractivity contribution in [3.05, 3.63) is 102 Å². The van der Waals surface area contributed by atoms with Crippen LogP contribution in [0, 0.1) is 6.92 Å². The zero-order valence-corrected chi connectivity index (χ0v) is 16.3. The molecule has 0 aliphatic carbocycles. The van der Waals surface area contributed by atoms with Crippen LogP contribution in [0.25, 0.3) is 5.69 Å². The summed E-state index contributed by atoms with van der Waals surface area (Å²) in [5.41, 5.74) is 3.97. The van der Waals surface area contributed by atoms with E-state index in [-0.39, 0.29) is 17.6 Å². The summed E-state index contributed by atoms with van der Waals surface area (Å²) in [5.74, 6) is -0.264. The van der Waals surface area contributed by atoms with E-state index in [1.807, 2.05) is 48.0 Å². The van der Waals surface area contributed by atoms with Crippen LogP contribution in [0.5, 0.6) is 0 Å². The summed E-state index contributed by atoms with van der Waals surface area (Å²) < 4.78 is 6.90. The Morgan fingerprint density at radius 3 is 2.53 bits per heavy atom. The van der Waals surface area contributed by atoms with Crippen LogP contribution >= 0.6 is 0 Å². The summed E-state index contributed by atoms with van der Waals surface area (Å²) in [6, 6.07) is 19.7. The highest BCUT2D eigenvalue weighted by molar-refractivity contribution is 6.02. The number of carbonyl (C=O) groups is 2. The second-order valence-electron chi connectivity index (χ2n) is 6.75. The number of rotatable bonds is 6. The Morgan fingerprint density at radius 2 is 1.83 bits per heavy atom. The standard InChI is InChI=1S/C23H20N4O3/c1-16-11-12-25-27(16)20-9-7-18(8-10-20)22(28)24-15-17-4-2-5-19(14-17)26-23(29)21-6-3-13-30-21/h2-14H,15H2,1H3,(H,24,28)(H,26,29). The van der Waals surface area contributed by atoms with Crippen LogP contribution in [0.15, 0.2) is 83.6 Å². The zero-order valence-electron chi connectivity index (χ0n) is 16.3. The minimum Gasteiger partial charge on any atom is -0.459 e. The molecule has 4 aromatic rings. The van der Waals surface area contributed by atoms with Gasteiger partial charge in [0, 0.05) is 29.7 Å². The molecule has 7 heteroatoms. The SMILES string of the molecule is Cc1ccnn1-c1ccc(C(=O)NCc2cccc(NC(=O)c3ccco3)c2)cc1. The monoisotopic (exact) mass is 400 g/mol. The maximum Gasteiger partial charge on any atom is 0.291 e. The van der Waals surface area contributed by atoms with E-state index in [1.165, 1.54) is 6.26 Å². The second kappa shape index (κ2) is 8.48. The Hall–Kier alpha value is -4.13. The molecule has 2 heterocycles. The minimum absolute atomic E-state index is 0.177. The first-order valence-corrected chi connectivity index (χ1v) is 9.43. The molecule has 0 atom stereocenters. The molecule has 2 aromatic carbocycles. The first-order chi connectivity index (χ1) is 14.6. The molecule has 0 aliphatic heterocycles. The quantitative estimate of drug-likeness (QED) is 0.513. The summed E-state index contributed by atoms with van der Waals surface area (Å²) in [6.45, 7) is 2.31. The number of hydrogen-bond donors (Lipinski definition) is 2. The highest BCUT2D eigenvalue weighted by Gasteiger charge is 2.10. The molecule has 30 heavy (non-hydrogen) atoms. The molecule has 2 aromatic heterocycles. The number of furan rings is 1. The normalized spacial score (nSPS) is 10.6. The number of amides is 2. The van der Waals surface area contributed by atoms with E-state index >= 15 is 0 Å². The molecule has 150 valence electrons. The summed E-state index contributed by atoms with van der Waals surface area (Å²) >= 11 is 0. The van der Waals surface area contributed by atoms with E-state index in [9.17, 15) is 9.59 Å². The third-order valence-electron chi connectivity index (χ3n) is 4.59. The molecule has 0 aliphatic rings. The molecule has 7 nitrogen and oxygen atoms in total. The Balaban J connectivity index is 1.37. The van der Waals surface area contributed by atoms with Gasteiger partial charge in [0.2, 0.25) is 0 Å². The fourth-order valence-corrected chi connectivity index (χ4v) is 3.04. The third-order valence-corrected chi connectivity index (χ3v) is 4.59. The third kappa shape index (κ3) is 4.30. The maximum atomic E-state index is 12.5. The molecule has 0 saturated heterocycles. The van der Waals surface area contributed by atoms with E-state index in [0.29, 0.717) is 17.8 Å². The van der Waals surface area contributed by atoms with E-state index in [0.717, 1.165) is 16.9 Å². The number of aryl methyl sites for hydroxylation is 1. The van der Waals surface area contributed by atoms with Crippen molar-refractivity contribution in [1.29, 1.82) is 0 Å². The maximum absolute atomic E-state index is 12.5. The van der Waals surface area contributed by atoms with Crippen molar-refractivity contribution < 1.29 is 14.0 Å². The van der Waals surface area contributed by atoms with E-state index in [4.69, 9.17) is 4.42 Å². The zero-order chi connectivity index (χ0) is 20.9. The predicted molar refractivity (Wildman–Crippen MR) is 113 cm³/mol. The van der Waals surface area contributed by atoms with Gasteiger partial charge in [0.25, 0.3) is 11.8 Å². The van der Waals surface area contributed by atoms with E-state index in [2.05, 4.69) is 15.7 Å². The predicted octanol–water partition coefficient (Wildman–Crippen LogP) is 3.96. The number of nitrogens with zero attached hydrogens (tertiary/aromatic N) is 2. The Bertz CT molecular complexity index is 1160. The van der Waals surface area contributed by atoms with Gasteiger partial charge in [-0.3, -0.25) is 9.59 Å². The molecule has 2 N–H and O–H groups in total. The highest BCUT2D eigenvalue weighted by atomic mass is 16.3.